The van der Waals surface area contributed by atoms with Crippen molar-refractivity contribution in [3.63, 3.8) is 0 Å². The molecule has 3 aliphatic heterocycles. The number of carboxylic acid groups (broad SMARTS) is 1. The molecule has 4 heterocycles. The second-order valence-electron chi connectivity index (χ2n) is 10.4. The van der Waals surface area contributed by atoms with Crippen molar-refractivity contribution >= 4 is 11.8 Å². The van der Waals surface area contributed by atoms with Gasteiger partial charge in [-0.3, -0.25) is 9.69 Å². The molecule has 2 fully saturated rings. The van der Waals surface area contributed by atoms with E-state index in [0.717, 1.165) is 75.8 Å². The van der Waals surface area contributed by atoms with Crippen LogP contribution in [0.25, 0.3) is 0 Å². The minimum Gasteiger partial charge on any atom is -0.480 e. The van der Waals surface area contributed by atoms with Crippen molar-refractivity contribution in [1.82, 2.24) is 9.88 Å². The molecular weight excluding hydrogens is 473 g/mol. The van der Waals surface area contributed by atoms with Crippen LogP contribution >= 0.6 is 0 Å². The molecule has 3 aliphatic rings. The number of likely N-dealkylation sites (tertiary alicyclic amines) is 1. The average Bonchev–Trinajstić information content (AvgIpc) is 3.38. The minimum absolute atomic E-state index is 0.0472. The van der Waals surface area contributed by atoms with Gasteiger partial charge in [0.2, 0.25) is 0 Å². The van der Waals surface area contributed by atoms with Crippen LogP contribution < -0.4 is 5.32 Å². The van der Waals surface area contributed by atoms with Crippen LogP contribution in [0.2, 0.25) is 0 Å². The zero-order chi connectivity index (χ0) is 25.6. The molecular formula is C29H38FN3O4. The highest BCUT2D eigenvalue weighted by Gasteiger charge is 2.38. The number of aliphatic carboxylic acids is 1. The van der Waals surface area contributed by atoms with Gasteiger partial charge in [0, 0.05) is 44.1 Å². The minimum atomic E-state index is -1.04. The lowest BCUT2D eigenvalue weighted by Gasteiger charge is -2.30. The Labute approximate surface area is 218 Å². The molecule has 8 heteroatoms. The number of fused-ring (bicyclic) bond motifs is 1. The fourth-order valence-electron chi connectivity index (χ4n) is 5.86. The largest absolute Gasteiger partial charge is 0.480 e. The molecule has 2 N–H and O–H groups in total. The van der Waals surface area contributed by atoms with Gasteiger partial charge in [0.25, 0.3) is 0 Å². The summed E-state index contributed by atoms with van der Waals surface area (Å²) in [4.78, 5) is 19.0. The summed E-state index contributed by atoms with van der Waals surface area (Å²) in [6.45, 7) is 3.28. The summed E-state index contributed by atoms with van der Waals surface area (Å²) in [5, 5.41) is 13.5. The number of nitrogens with zero attached hydrogens (tertiary/aromatic N) is 2. The van der Waals surface area contributed by atoms with Crippen LogP contribution in [-0.4, -0.2) is 59.9 Å². The first-order valence-electron chi connectivity index (χ1n) is 13.8. The molecule has 0 radical (unpaired) electrons. The Balaban J connectivity index is 1.14. The second-order valence-corrected chi connectivity index (χ2v) is 10.4. The fraction of sp³-hybridized carbons (Fsp3) is 0.586. The van der Waals surface area contributed by atoms with Crippen molar-refractivity contribution in [2.75, 3.05) is 38.2 Å². The van der Waals surface area contributed by atoms with Crippen LogP contribution in [0, 0.1) is 5.82 Å². The summed E-state index contributed by atoms with van der Waals surface area (Å²) in [6, 6.07) is 8.10. The fourth-order valence-corrected chi connectivity index (χ4v) is 5.86. The topological polar surface area (TPSA) is 83.9 Å². The third-order valence-corrected chi connectivity index (χ3v) is 7.79. The van der Waals surface area contributed by atoms with Crippen molar-refractivity contribution in [2.45, 2.75) is 76.0 Å². The van der Waals surface area contributed by atoms with E-state index in [1.807, 2.05) is 11.0 Å². The van der Waals surface area contributed by atoms with Crippen molar-refractivity contribution in [3.05, 3.63) is 58.5 Å². The van der Waals surface area contributed by atoms with Crippen LogP contribution in [-0.2, 0) is 27.1 Å². The first kappa shape index (κ1) is 26.1. The Morgan fingerprint density at radius 2 is 2.14 bits per heavy atom. The number of benzene rings is 1. The summed E-state index contributed by atoms with van der Waals surface area (Å²) in [6.07, 6.45) is 8.28. The lowest BCUT2D eigenvalue weighted by atomic mass is 9.91. The van der Waals surface area contributed by atoms with E-state index < -0.39 is 17.8 Å². The highest BCUT2D eigenvalue weighted by Crippen LogP contribution is 2.37. The van der Waals surface area contributed by atoms with Crippen LogP contribution in [0.4, 0.5) is 10.2 Å². The molecule has 0 amide bonds. The van der Waals surface area contributed by atoms with Crippen molar-refractivity contribution in [1.29, 1.82) is 0 Å². The summed E-state index contributed by atoms with van der Waals surface area (Å²) < 4.78 is 27.1. The summed E-state index contributed by atoms with van der Waals surface area (Å²) in [5.41, 5.74) is 3.32. The molecule has 0 spiro atoms. The lowest BCUT2D eigenvalue weighted by molar-refractivity contribution is -0.143. The first-order chi connectivity index (χ1) is 18.1. The number of hydrogen-bond acceptors (Lipinski definition) is 6. The van der Waals surface area contributed by atoms with E-state index in [-0.39, 0.29) is 17.8 Å². The molecule has 1 aromatic carbocycles. The Hall–Kier alpha value is -2.55. The molecule has 0 bridgehead atoms. The number of ether oxygens (including phenoxy) is 2. The number of halogens is 1. The van der Waals surface area contributed by atoms with E-state index in [4.69, 9.17) is 14.5 Å². The van der Waals surface area contributed by atoms with Gasteiger partial charge in [-0.2, -0.15) is 0 Å². The van der Waals surface area contributed by atoms with Gasteiger partial charge in [0.1, 0.15) is 17.7 Å². The maximum atomic E-state index is 15.1. The Morgan fingerprint density at radius 3 is 2.97 bits per heavy atom. The predicted octanol–water partition coefficient (Wildman–Crippen LogP) is 5.06. The maximum absolute atomic E-state index is 15.1. The van der Waals surface area contributed by atoms with Crippen LogP contribution in [0.15, 0.2) is 30.3 Å². The smallest absolute Gasteiger partial charge is 0.325 e. The van der Waals surface area contributed by atoms with Crippen molar-refractivity contribution in [2.24, 2.45) is 0 Å². The Bertz CT molecular complexity index is 1080. The van der Waals surface area contributed by atoms with E-state index in [1.54, 1.807) is 6.07 Å². The molecule has 5 rings (SSSR count). The first-order valence-corrected chi connectivity index (χ1v) is 13.8. The Morgan fingerprint density at radius 1 is 1.22 bits per heavy atom. The van der Waals surface area contributed by atoms with Gasteiger partial charge in [0.05, 0.1) is 12.2 Å². The number of anilines is 1. The molecule has 37 heavy (non-hydrogen) atoms. The monoisotopic (exact) mass is 511 g/mol. The van der Waals surface area contributed by atoms with Gasteiger partial charge in [-0.1, -0.05) is 18.2 Å². The molecule has 2 saturated heterocycles. The van der Waals surface area contributed by atoms with Gasteiger partial charge in [-0.15, -0.1) is 0 Å². The normalized spacial score (nSPS) is 22.8. The van der Waals surface area contributed by atoms with E-state index in [0.29, 0.717) is 31.9 Å². The quantitative estimate of drug-likeness (QED) is 0.432. The lowest BCUT2D eigenvalue weighted by Crippen LogP contribution is -2.35. The number of carboxylic acids is 1. The third kappa shape index (κ3) is 6.30. The number of carbonyl (C=O) groups is 1. The molecule has 3 atom stereocenters. The Kier molecular flexibility index (Phi) is 8.69. The number of hydrogen-bond donors (Lipinski definition) is 2. The van der Waals surface area contributed by atoms with Crippen molar-refractivity contribution in [3.8, 4) is 0 Å². The molecule has 2 aromatic rings. The van der Waals surface area contributed by atoms with Gasteiger partial charge in [0.15, 0.2) is 0 Å². The number of nitrogens with one attached hydrogen (secondary N) is 1. The van der Waals surface area contributed by atoms with E-state index in [2.05, 4.69) is 17.4 Å². The van der Waals surface area contributed by atoms with Gasteiger partial charge < -0.3 is 19.9 Å². The number of aryl methyl sites for hydroxylation is 2. The van der Waals surface area contributed by atoms with Crippen LogP contribution in [0.5, 0.6) is 0 Å². The standard InChI is InChI=1S/C29H38FN3O4/c30-24-10-5-9-23(25-11-2-4-18-37-25)26(24)27(29(34)35)33-16-14-22(19-33)36-17-3-1-8-21-13-12-20-7-6-15-31-28(20)32-21/h5,9-10,12-13,22,25,27H,1-4,6-8,11,14-19H2,(H,31,32)(H,34,35). The molecule has 1 aromatic heterocycles. The number of pyridine rings is 1. The molecule has 3 unspecified atom stereocenters. The zero-order valence-electron chi connectivity index (χ0n) is 21.5. The van der Waals surface area contributed by atoms with Crippen LogP contribution in [0.3, 0.4) is 0 Å². The van der Waals surface area contributed by atoms with Crippen LogP contribution in [0.1, 0.15) is 79.5 Å². The summed E-state index contributed by atoms with van der Waals surface area (Å²) in [7, 11) is 0. The summed E-state index contributed by atoms with van der Waals surface area (Å²) in [5.74, 6) is -0.476. The molecule has 0 aliphatic carbocycles. The number of rotatable bonds is 10. The van der Waals surface area contributed by atoms with Gasteiger partial charge in [-0.05, 0) is 81.0 Å². The zero-order valence-corrected chi connectivity index (χ0v) is 21.5. The van der Waals surface area contributed by atoms with Crippen molar-refractivity contribution < 1.29 is 23.8 Å². The third-order valence-electron chi connectivity index (χ3n) is 7.79. The molecule has 200 valence electrons. The number of unbranched alkanes of at least 4 members (excludes halogenated alkanes) is 1. The molecule has 7 nitrogen and oxygen atoms in total. The van der Waals surface area contributed by atoms with E-state index >= 15 is 4.39 Å². The highest BCUT2D eigenvalue weighted by molar-refractivity contribution is 5.76. The maximum Gasteiger partial charge on any atom is 0.325 e. The van der Waals surface area contributed by atoms with Gasteiger partial charge in [-0.25, -0.2) is 9.37 Å². The van der Waals surface area contributed by atoms with Gasteiger partial charge >= 0.3 is 5.97 Å². The van der Waals surface area contributed by atoms with E-state index in [1.165, 1.54) is 11.6 Å². The SMILES string of the molecule is O=C(O)C(c1c(F)cccc1C1CCCCO1)N1CCC(OCCCCc2ccc3c(n2)NCCC3)C1. The summed E-state index contributed by atoms with van der Waals surface area (Å²) >= 11 is 0. The predicted molar refractivity (Wildman–Crippen MR) is 139 cm³/mol. The number of aromatic nitrogens is 1. The molecule has 0 saturated carbocycles. The van der Waals surface area contributed by atoms with E-state index in [9.17, 15) is 9.90 Å². The second kappa shape index (κ2) is 12.3. The average molecular weight is 512 g/mol. The highest BCUT2D eigenvalue weighted by atomic mass is 19.1.